The molecule has 8 heteroatoms. The summed E-state index contributed by atoms with van der Waals surface area (Å²) < 4.78 is 7.49. The Morgan fingerprint density at radius 1 is 1.37 bits per heavy atom. The van der Waals surface area contributed by atoms with Crippen LogP contribution in [0.3, 0.4) is 0 Å². The highest BCUT2D eigenvalue weighted by atomic mass is 16.6. The second-order valence-electron chi connectivity index (χ2n) is 8.83. The molecule has 8 nitrogen and oxygen atoms in total. The van der Waals surface area contributed by atoms with E-state index >= 15 is 0 Å². The number of carbonyl (C=O) groups excluding carboxylic acids is 2. The molecule has 2 atom stereocenters. The number of ether oxygens (including phenoxy) is 1. The van der Waals surface area contributed by atoms with Gasteiger partial charge in [-0.25, -0.2) is 4.79 Å². The first-order valence-corrected chi connectivity index (χ1v) is 9.58. The number of fused-ring (bicyclic) bond motifs is 1. The molecule has 0 N–H and O–H groups in total. The first-order chi connectivity index (χ1) is 12.6. The smallest absolute Gasteiger partial charge is 0.410 e. The maximum atomic E-state index is 12.6. The van der Waals surface area contributed by atoms with E-state index in [-0.39, 0.29) is 24.1 Å². The van der Waals surface area contributed by atoms with Crippen LogP contribution >= 0.6 is 0 Å². The number of carbonyl (C=O) groups is 2. The van der Waals surface area contributed by atoms with Crippen LogP contribution in [0.25, 0.3) is 0 Å². The lowest BCUT2D eigenvalue weighted by Crippen LogP contribution is -2.47. The van der Waals surface area contributed by atoms with Crippen molar-refractivity contribution < 1.29 is 14.3 Å². The van der Waals surface area contributed by atoms with Crippen LogP contribution in [-0.2, 0) is 22.6 Å². The van der Waals surface area contributed by atoms with Crippen molar-refractivity contribution in [3.8, 4) is 0 Å². The van der Waals surface area contributed by atoms with E-state index in [2.05, 4.69) is 10.00 Å². The zero-order chi connectivity index (χ0) is 19.9. The third kappa shape index (κ3) is 4.10. The van der Waals surface area contributed by atoms with Crippen molar-refractivity contribution in [1.29, 1.82) is 0 Å². The molecule has 1 aromatic heterocycles. The average molecular weight is 377 g/mol. The van der Waals surface area contributed by atoms with Gasteiger partial charge in [-0.3, -0.25) is 14.4 Å². The van der Waals surface area contributed by atoms with Crippen LogP contribution < -0.4 is 4.90 Å². The molecule has 0 aromatic carbocycles. The predicted octanol–water partition coefficient (Wildman–Crippen LogP) is 2.08. The van der Waals surface area contributed by atoms with Gasteiger partial charge in [0, 0.05) is 13.0 Å². The van der Waals surface area contributed by atoms with Crippen LogP contribution in [0.1, 0.15) is 46.2 Å². The summed E-state index contributed by atoms with van der Waals surface area (Å²) in [6.45, 7) is 9.38. The van der Waals surface area contributed by atoms with E-state index in [4.69, 9.17) is 4.74 Å². The molecule has 3 rings (SSSR count). The van der Waals surface area contributed by atoms with E-state index < -0.39 is 5.60 Å². The Morgan fingerprint density at radius 2 is 2.07 bits per heavy atom. The van der Waals surface area contributed by atoms with Gasteiger partial charge >= 0.3 is 6.09 Å². The summed E-state index contributed by atoms with van der Waals surface area (Å²) >= 11 is 0. The summed E-state index contributed by atoms with van der Waals surface area (Å²) in [4.78, 5) is 30.9. The molecule has 0 saturated carbocycles. The Bertz CT molecular complexity index is 721. The standard InChI is InChI=1S/C19H31N5O3/c1-13-10-23-16(12-22(13)18(26)27-19(2,3)4)15(9-20-23)24-14(11-21(5)6)7-8-17(24)25/h9,13-14H,7-8,10-12H2,1-6H3/t13-,14?/m0/s1. The number of amides is 2. The summed E-state index contributed by atoms with van der Waals surface area (Å²) in [6.07, 6.45) is 2.83. The minimum atomic E-state index is -0.543. The summed E-state index contributed by atoms with van der Waals surface area (Å²) in [5, 5.41) is 4.50. The van der Waals surface area contributed by atoms with E-state index in [1.807, 2.05) is 51.4 Å². The van der Waals surface area contributed by atoms with Gasteiger partial charge in [0.1, 0.15) is 5.60 Å². The molecular weight excluding hydrogens is 346 g/mol. The van der Waals surface area contributed by atoms with Crippen molar-refractivity contribution in [2.24, 2.45) is 0 Å². The summed E-state index contributed by atoms with van der Waals surface area (Å²) in [5.41, 5.74) is 1.18. The summed E-state index contributed by atoms with van der Waals surface area (Å²) in [5.74, 6) is 0.125. The molecule has 0 bridgehead atoms. The lowest BCUT2D eigenvalue weighted by molar-refractivity contribution is -0.117. The Hall–Kier alpha value is -2.09. The van der Waals surface area contributed by atoms with E-state index in [1.165, 1.54) is 0 Å². The second-order valence-corrected chi connectivity index (χ2v) is 8.83. The van der Waals surface area contributed by atoms with E-state index in [9.17, 15) is 9.59 Å². The van der Waals surface area contributed by atoms with Gasteiger partial charge in [0.15, 0.2) is 0 Å². The average Bonchev–Trinajstić information content (AvgIpc) is 3.07. The monoisotopic (exact) mass is 377 g/mol. The highest BCUT2D eigenvalue weighted by Gasteiger charge is 2.38. The van der Waals surface area contributed by atoms with Gasteiger partial charge in [0.05, 0.1) is 42.8 Å². The minimum absolute atomic E-state index is 0.0213. The Labute approximate surface area is 161 Å². The number of aromatic nitrogens is 2. The molecule has 1 fully saturated rings. The second kappa shape index (κ2) is 7.14. The van der Waals surface area contributed by atoms with Gasteiger partial charge in [-0.15, -0.1) is 0 Å². The lowest BCUT2D eigenvalue weighted by atomic mass is 10.1. The highest BCUT2D eigenvalue weighted by Crippen LogP contribution is 2.33. The molecule has 150 valence electrons. The van der Waals surface area contributed by atoms with Gasteiger partial charge in [0.2, 0.25) is 5.91 Å². The van der Waals surface area contributed by atoms with Crippen LogP contribution in [0.4, 0.5) is 10.5 Å². The van der Waals surface area contributed by atoms with Crippen LogP contribution in [0.15, 0.2) is 6.20 Å². The molecule has 0 spiro atoms. The number of hydrogen-bond acceptors (Lipinski definition) is 5. The number of rotatable bonds is 3. The Balaban J connectivity index is 1.86. The molecule has 1 saturated heterocycles. The van der Waals surface area contributed by atoms with Gasteiger partial charge in [-0.05, 0) is 48.2 Å². The topological polar surface area (TPSA) is 70.9 Å². The number of hydrogen-bond donors (Lipinski definition) is 0. The Kier molecular flexibility index (Phi) is 5.20. The quantitative estimate of drug-likeness (QED) is 0.807. The van der Waals surface area contributed by atoms with Crippen molar-refractivity contribution >= 4 is 17.7 Å². The van der Waals surface area contributed by atoms with Crippen molar-refractivity contribution in [1.82, 2.24) is 19.6 Å². The third-order valence-electron chi connectivity index (χ3n) is 5.00. The SMILES string of the molecule is C[C@H]1Cn2ncc(N3C(=O)CCC3CN(C)C)c2CN1C(=O)OC(C)(C)C. The molecule has 2 aliphatic rings. The number of anilines is 1. The van der Waals surface area contributed by atoms with E-state index in [1.54, 1.807) is 11.1 Å². The molecule has 3 heterocycles. The molecule has 2 amide bonds. The molecule has 0 aliphatic carbocycles. The summed E-state index contributed by atoms with van der Waals surface area (Å²) in [6, 6.07) is 0.114. The molecule has 2 aliphatic heterocycles. The van der Waals surface area contributed by atoms with Crippen LogP contribution in [0.2, 0.25) is 0 Å². The van der Waals surface area contributed by atoms with E-state index in [0.717, 1.165) is 24.3 Å². The maximum Gasteiger partial charge on any atom is 0.410 e. The van der Waals surface area contributed by atoms with E-state index in [0.29, 0.717) is 19.5 Å². The molecule has 27 heavy (non-hydrogen) atoms. The lowest BCUT2D eigenvalue weighted by Gasteiger charge is -2.36. The number of nitrogens with zero attached hydrogens (tertiary/aromatic N) is 5. The van der Waals surface area contributed by atoms with Gasteiger partial charge in [-0.1, -0.05) is 0 Å². The fraction of sp³-hybridized carbons (Fsp3) is 0.737. The zero-order valence-electron chi connectivity index (χ0n) is 17.2. The van der Waals surface area contributed by atoms with Crippen LogP contribution in [-0.4, -0.2) is 69.9 Å². The maximum absolute atomic E-state index is 12.6. The van der Waals surface area contributed by atoms with Crippen molar-refractivity contribution in [2.45, 2.75) is 71.3 Å². The van der Waals surface area contributed by atoms with Gasteiger partial charge < -0.3 is 14.5 Å². The summed E-state index contributed by atoms with van der Waals surface area (Å²) in [7, 11) is 4.03. The number of likely N-dealkylation sites (N-methyl/N-ethyl adjacent to an activating group) is 1. The fourth-order valence-corrected chi connectivity index (χ4v) is 3.82. The van der Waals surface area contributed by atoms with Gasteiger partial charge in [0.25, 0.3) is 0 Å². The van der Waals surface area contributed by atoms with Gasteiger partial charge in [-0.2, -0.15) is 5.10 Å². The predicted molar refractivity (Wildman–Crippen MR) is 103 cm³/mol. The Morgan fingerprint density at radius 3 is 2.70 bits per heavy atom. The highest BCUT2D eigenvalue weighted by molar-refractivity contribution is 5.96. The van der Waals surface area contributed by atoms with Crippen LogP contribution in [0, 0.1) is 0 Å². The minimum Gasteiger partial charge on any atom is -0.444 e. The van der Waals surface area contributed by atoms with Crippen molar-refractivity contribution in [3.63, 3.8) is 0 Å². The fourth-order valence-electron chi connectivity index (χ4n) is 3.82. The van der Waals surface area contributed by atoms with Crippen molar-refractivity contribution in [3.05, 3.63) is 11.9 Å². The largest absolute Gasteiger partial charge is 0.444 e. The molecule has 1 unspecified atom stereocenters. The molecule has 1 aromatic rings. The molecular formula is C19H31N5O3. The van der Waals surface area contributed by atoms with Crippen LogP contribution in [0.5, 0.6) is 0 Å². The third-order valence-corrected chi connectivity index (χ3v) is 5.00. The molecule has 0 radical (unpaired) electrons. The first kappa shape index (κ1) is 19.7. The zero-order valence-corrected chi connectivity index (χ0v) is 17.2. The first-order valence-electron chi connectivity index (χ1n) is 9.58. The van der Waals surface area contributed by atoms with Crippen molar-refractivity contribution in [2.75, 3.05) is 25.5 Å². The normalized spacial score (nSPS) is 23.1.